The van der Waals surface area contributed by atoms with Crippen LogP contribution < -0.4 is 5.32 Å². The Balaban J connectivity index is 0.00000196. The van der Waals surface area contributed by atoms with E-state index < -0.39 is 0 Å². The van der Waals surface area contributed by atoms with Crippen molar-refractivity contribution >= 4 is 18.3 Å². The van der Waals surface area contributed by atoms with Gasteiger partial charge in [-0.2, -0.15) is 0 Å². The predicted octanol–water partition coefficient (Wildman–Crippen LogP) is 0.513. The van der Waals surface area contributed by atoms with Gasteiger partial charge >= 0.3 is 0 Å². The van der Waals surface area contributed by atoms with Gasteiger partial charge in [0.15, 0.2) is 0 Å². The third-order valence-corrected chi connectivity index (χ3v) is 2.49. The van der Waals surface area contributed by atoms with Gasteiger partial charge in [0.1, 0.15) is 0 Å². The maximum atomic E-state index is 11.9. The molecular weight excluding hydrogens is 216 g/mol. The second-order valence-corrected chi connectivity index (χ2v) is 3.79. The molecule has 1 heterocycles. The first kappa shape index (κ1) is 14.7. The Kier molecular flexibility index (Phi) is 7.74. The van der Waals surface area contributed by atoms with E-state index in [0.29, 0.717) is 6.61 Å². The zero-order valence-corrected chi connectivity index (χ0v) is 10.3. The van der Waals surface area contributed by atoms with Crippen molar-refractivity contribution < 1.29 is 9.53 Å². The van der Waals surface area contributed by atoms with Gasteiger partial charge in [-0.25, -0.2) is 0 Å². The van der Waals surface area contributed by atoms with Crippen LogP contribution in [0.1, 0.15) is 13.3 Å². The molecule has 0 aromatic carbocycles. The largest absolute Gasteiger partial charge is 0.384 e. The molecule has 0 aromatic heterocycles. The van der Waals surface area contributed by atoms with Gasteiger partial charge in [-0.3, -0.25) is 4.79 Å². The van der Waals surface area contributed by atoms with E-state index in [1.807, 2.05) is 11.8 Å². The van der Waals surface area contributed by atoms with E-state index in [1.54, 1.807) is 7.11 Å². The lowest BCUT2D eigenvalue weighted by Gasteiger charge is -2.23. The average Bonchev–Trinajstić information content (AvgIpc) is 2.45. The Hall–Kier alpha value is -0.320. The smallest absolute Gasteiger partial charge is 0.227 e. The number of ether oxygens (including phenoxy) is 1. The molecule has 90 valence electrons. The standard InChI is InChI=1S/C10H20N2O2.ClH/c1-9(8-14-2)10(13)12-6-3-4-11-5-7-12;/h9,11H,3-8H2,1-2H3;1H. The Morgan fingerprint density at radius 1 is 1.47 bits per heavy atom. The molecule has 1 amide bonds. The molecule has 0 spiro atoms. The predicted molar refractivity (Wildman–Crippen MR) is 62.4 cm³/mol. The van der Waals surface area contributed by atoms with Crippen molar-refractivity contribution in [3.63, 3.8) is 0 Å². The van der Waals surface area contributed by atoms with Crippen LogP contribution in [0.2, 0.25) is 0 Å². The minimum Gasteiger partial charge on any atom is -0.384 e. The van der Waals surface area contributed by atoms with E-state index in [0.717, 1.165) is 32.6 Å². The van der Waals surface area contributed by atoms with Crippen LogP contribution in [-0.2, 0) is 9.53 Å². The SMILES string of the molecule is COCC(C)C(=O)N1CCCNCC1.Cl. The highest BCUT2D eigenvalue weighted by atomic mass is 35.5. The zero-order valence-electron chi connectivity index (χ0n) is 9.49. The summed E-state index contributed by atoms with van der Waals surface area (Å²) in [4.78, 5) is 13.8. The first-order valence-electron chi connectivity index (χ1n) is 5.24. The molecule has 1 rings (SSSR count). The highest BCUT2D eigenvalue weighted by molar-refractivity contribution is 5.85. The fourth-order valence-corrected chi connectivity index (χ4v) is 1.70. The number of carbonyl (C=O) groups excluding carboxylic acids is 1. The molecule has 1 atom stereocenters. The molecule has 0 saturated carbocycles. The Bertz CT molecular complexity index is 182. The molecule has 1 N–H and O–H groups in total. The average molecular weight is 237 g/mol. The van der Waals surface area contributed by atoms with E-state index in [2.05, 4.69) is 5.32 Å². The molecule has 0 radical (unpaired) electrons. The van der Waals surface area contributed by atoms with E-state index in [1.165, 1.54) is 0 Å². The second-order valence-electron chi connectivity index (χ2n) is 3.79. The van der Waals surface area contributed by atoms with Gasteiger partial charge in [0.05, 0.1) is 12.5 Å². The summed E-state index contributed by atoms with van der Waals surface area (Å²) in [5.74, 6) is 0.202. The van der Waals surface area contributed by atoms with Gasteiger partial charge in [-0.15, -0.1) is 12.4 Å². The zero-order chi connectivity index (χ0) is 10.4. The molecule has 1 aliphatic heterocycles. The van der Waals surface area contributed by atoms with E-state index in [-0.39, 0.29) is 24.2 Å². The van der Waals surface area contributed by atoms with Crippen LogP contribution in [-0.4, -0.2) is 50.7 Å². The Labute approximate surface area is 97.8 Å². The topological polar surface area (TPSA) is 41.6 Å². The third kappa shape index (κ3) is 4.82. The van der Waals surface area contributed by atoms with Crippen LogP contribution in [0.4, 0.5) is 0 Å². The van der Waals surface area contributed by atoms with Gasteiger partial charge in [-0.05, 0) is 13.0 Å². The summed E-state index contributed by atoms with van der Waals surface area (Å²) in [5.41, 5.74) is 0. The number of amides is 1. The van der Waals surface area contributed by atoms with Gasteiger partial charge < -0.3 is 15.0 Å². The van der Waals surface area contributed by atoms with Crippen molar-refractivity contribution in [1.29, 1.82) is 0 Å². The van der Waals surface area contributed by atoms with Crippen LogP contribution in [0.15, 0.2) is 0 Å². The number of nitrogens with one attached hydrogen (secondary N) is 1. The minimum absolute atomic E-state index is 0. The maximum absolute atomic E-state index is 11.9. The molecule has 0 aliphatic carbocycles. The number of methoxy groups -OCH3 is 1. The second kappa shape index (κ2) is 7.91. The quantitative estimate of drug-likeness (QED) is 0.777. The molecular formula is C10H21ClN2O2. The molecule has 1 unspecified atom stereocenters. The van der Waals surface area contributed by atoms with Crippen molar-refractivity contribution in [2.24, 2.45) is 5.92 Å². The number of hydrogen-bond donors (Lipinski definition) is 1. The highest BCUT2D eigenvalue weighted by Gasteiger charge is 2.20. The summed E-state index contributed by atoms with van der Waals surface area (Å²) < 4.78 is 4.98. The summed E-state index contributed by atoms with van der Waals surface area (Å²) >= 11 is 0. The van der Waals surface area contributed by atoms with Gasteiger partial charge in [0.25, 0.3) is 0 Å². The third-order valence-electron chi connectivity index (χ3n) is 2.49. The van der Waals surface area contributed by atoms with Gasteiger partial charge in [0.2, 0.25) is 5.91 Å². The molecule has 4 nitrogen and oxygen atoms in total. The lowest BCUT2D eigenvalue weighted by Crippen LogP contribution is -2.38. The van der Waals surface area contributed by atoms with Gasteiger partial charge in [-0.1, -0.05) is 6.92 Å². The molecule has 0 bridgehead atoms. The summed E-state index contributed by atoms with van der Waals surface area (Å²) in [7, 11) is 1.63. The fourth-order valence-electron chi connectivity index (χ4n) is 1.70. The van der Waals surface area contributed by atoms with Gasteiger partial charge in [0, 0.05) is 26.7 Å². The highest BCUT2D eigenvalue weighted by Crippen LogP contribution is 2.05. The summed E-state index contributed by atoms with van der Waals surface area (Å²) in [6.45, 7) is 6.06. The molecule has 1 aliphatic rings. The summed E-state index contributed by atoms with van der Waals surface area (Å²) in [5, 5.41) is 3.28. The molecule has 1 saturated heterocycles. The summed E-state index contributed by atoms with van der Waals surface area (Å²) in [6.07, 6.45) is 1.05. The van der Waals surface area contributed by atoms with Crippen LogP contribution in [0.25, 0.3) is 0 Å². The van der Waals surface area contributed by atoms with Crippen LogP contribution in [0, 0.1) is 5.92 Å². The van der Waals surface area contributed by atoms with Crippen molar-refractivity contribution in [3.8, 4) is 0 Å². The number of rotatable bonds is 3. The van der Waals surface area contributed by atoms with Crippen molar-refractivity contribution in [1.82, 2.24) is 10.2 Å². The molecule has 15 heavy (non-hydrogen) atoms. The van der Waals surface area contributed by atoms with E-state index >= 15 is 0 Å². The number of halogens is 1. The molecule has 1 fully saturated rings. The monoisotopic (exact) mass is 236 g/mol. The maximum Gasteiger partial charge on any atom is 0.227 e. The number of nitrogens with zero attached hydrogens (tertiary/aromatic N) is 1. The van der Waals surface area contributed by atoms with E-state index in [4.69, 9.17) is 4.74 Å². The molecule has 0 aromatic rings. The number of carbonyl (C=O) groups is 1. The van der Waals surface area contributed by atoms with Crippen LogP contribution in [0.3, 0.4) is 0 Å². The first-order chi connectivity index (χ1) is 6.75. The minimum atomic E-state index is -0.0156. The van der Waals surface area contributed by atoms with Crippen molar-refractivity contribution in [2.45, 2.75) is 13.3 Å². The number of hydrogen-bond acceptors (Lipinski definition) is 3. The Morgan fingerprint density at radius 2 is 2.20 bits per heavy atom. The lowest BCUT2D eigenvalue weighted by molar-refractivity contribution is -0.136. The van der Waals surface area contributed by atoms with Crippen LogP contribution in [0.5, 0.6) is 0 Å². The van der Waals surface area contributed by atoms with Crippen molar-refractivity contribution in [2.75, 3.05) is 39.9 Å². The van der Waals surface area contributed by atoms with Crippen molar-refractivity contribution in [3.05, 3.63) is 0 Å². The Morgan fingerprint density at radius 3 is 2.87 bits per heavy atom. The lowest BCUT2D eigenvalue weighted by atomic mass is 10.1. The van der Waals surface area contributed by atoms with Crippen LogP contribution >= 0.6 is 12.4 Å². The van der Waals surface area contributed by atoms with E-state index in [9.17, 15) is 4.79 Å². The summed E-state index contributed by atoms with van der Waals surface area (Å²) in [6, 6.07) is 0. The molecule has 5 heteroatoms. The normalized spacial score (nSPS) is 18.9. The first-order valence-corrected chi connectivity index (χ1v) is 5.24. The fraction of sp³-hybridized carbons (Fsp3) is 0.900.